The second kappa shape index (κ2) is 6.40. The predicted molar refractivity (Wildman–Crippen MR) is 70.6 cm³/mol. The van der Waals surface area contributed by atoms with Gasteiger partial charge >= 0.3 is 5.97 Å². The van der Waals surface area contributed by atoms with Crippen LogP contribution in [0, 0.1) is 6.92 Å². The van der Waals surface area contributed by atoms with Crippen molar-refractivity contribution in [2.75, 3.05) is 6.54 Å². The lowest BCUT2D eigenvalue weighted by atomic mass is 10.1. The zero-order valence-corrected chi connectivity index (χ0v) is 11.2. The van der Waals surface area contributed by atoms with Crippen molar-refractivity contribution in [2.24, 2.45) is 0 Å². The summed E-state index contributed by atoms with van der Waals surface area (Å²) in [5.41, 5.74) is 1.93. The quantitative estimate of drug-likeness (QED) is 0.815. The second-order valence-corrected chi connectivity index (χ2v) is 4.64. The number of carboxylic acids is 1. The van der Waals surface area contributed by atoms with Gasteiger partial charge in [-0.3, -0.25) is 9.69 Å². The highest BCUT2D eigenvalue weighted by atomic mass is 16.4. The zero-order valence-electron chi connectivity index (χ0n) is 11.2. The standard InChI is InChI=1S/C14H21NO3/c1-4-15(11(3)8-14(17)18)9-12-7-10(2)5-6-13(12)16/h5-7,11,16H,4,8-9H2,1-3H3,(H,17,18). The molecule has 0 radical (unpaired) electrons. The first kappa shape index (κ1) is 14.5. The number of rotatable bonds is 6. The maximum absolute atomic E-state index is 10.7. The van der Waals surface area contributed by atoms with Crippen molar-refractivity contribution in [3.8, 4) is 5.75 Å². The molecule has 1 aromatic rings. The summed E-state index contributed by atoms with van der Waals surface area (Å²) in [6.07, 6.45) is 0.112. The molecule has 0 fully saturated rings. The molecule has 2 N–H and O–H groups in total. The minimum absolute atomic E-state index is 0.0487. The maximum atomic E-state index is 10.7. The summed E-state index contributed by atoms with van der Waals surface area (Å²) in [7, 11) is 0. The molecule has 0 aliphatic heterocycles. The van der Waals surface area contributed by atoms with E-state index in [4.69, 9.17) is 5.11 Å². The molecule has 1 atom stereocenters. The molecule has 1 unspecified atom stereocenters. The molecule has 4 nitrogen and oxygen atoms in total. The van der Waals surface area contributed by atoms with Crippen molar-refractivity contribution in [3.63, 3.8) is 0 Å². The number of nitrogens with zero attached hydrogens (tertiary/aromatic N) is 1. The van der Waals surface area contributed by atoms with E-state index in [9.17, 15) is 9.90 Å². The van der Waals surface area contributed by atoms with Gasteiger partial charge < -0.3 is 10.2 Å². The van der Waals surface area contributed by atoms with E-state index in [2.05, 4.69) is 0 Å². The number of aryl methyl sites for hydroxylation is 1. The molecule has 0 aliphatic rings. The molecular formula is C14H21NO3. The fraction of sp³-hybridized carbons (Fsp3) is 0.500. The van der Waals surface area contributed by atoms with Gasteiger partial charge in [0.25, 0.3) is 0 Å². The van der Waals surface area contributed by atoms with E-state index in [0.717, 1.165) is 17.7 Å². The molecule has 1 aromatic carbocycles. The van der Waals surface area contributed by atoms with Gasteiger partial charge in [0.2, 0.25) is 0 Å². The first-order valence-electron chi connectivity index (χ1n) is 6.18. The summed E-state index contributed by atoms with van der Waals surface area (Å²) < 4.78 is 0. The Kier molecular flexibility index (Phi) is 5.16. The molecule has 4 heteroatoms. The third-order valence-electron chi connectivity index (χ3n) is 3.11. The van der Waals surface area contributed by atoms with E-state index in [1.807, 2.05) is 37.8 Å². The fourth-order valence-corrected chi connectivity index (χ4v) is 2.02. The minimum Gasteiger partial charge on any atom is -0.508 e. The molecule has 0 saturated carbocycles. The second-order valence-electron chi connectivity index (χ2n) is 4.64. The summed E-state index contributed by atoms with van der Waals surface area (Å²) in [6, 6.07) is 5.43. The Morgan fingerprint density at radius 3 is 2.67 bits per heavy atom. The van der Waals surface area contributed by atoms with E-state index in [1.165, 1.54) is 0 Å². The van der Waals surface area contributed by atoms with Crippen LogP contribution in [-0.4, -0.2) is 33.7 Å². The molecule has 0 amide bonds. The number of phenolic OH excluding ortho intramolecular Hbond substituents is 1. The van der Waals surface area contributed by atoms with E-state index in [0.29, 0.717) is 6.54 Å². The molecule has 0 heterocycles. The summed E-state index contributed by atoms with van der Waals surface area (Å²) in [5.74, 6) is -0.531. The molecule has 1 rings (SSSR count). The van der Waals surface area contributed by atoms with Crippen LogP contribution >= 0.6 is 0 Å². The zero-order chi connectivity index (χ0) is 13.7. The van der Waals surface area contributed by atoms with Crippen molar-refractivity contribution in [1.29, 1.82) is 0 Å². The average Bonchev–Trinajstić information content (AvgIpc) is 2.29. The smallest absolute Gasteiger partial charge is 0.304 e. The normalized spacial score (nSPS) is 12.7. The van der Waals surface area contributed by atoms with Crippen LogP contribution in [0.2, 0.25) is 0 Å². The third-order valence-corrected chi connectivity index (χ3v) is 3.11. The van der Waals surface area contributed by atoms with Gasteiger partial charge in [-0.05, 0) is 26.5 Å². The molecule has 0 spiro atoms. The molecule has 18 heavy (non-hydrogen) atoms. The number of phenols is 1. The van der Waals surface area contributed by atoms with Crippen LogP contribution in [0.3, 0.4) is 0 Å². The van der Waals surface area contributed by atoms with Crippen LogP contribution in [0.4, 0.5) is 0 Å². The summed E-state index contributed by atoms with van der Waals surface area (Å²) in [4.78, 5) is 12.8. The number of carboxylic acid groups (broad SMARTS) is 1. The van der Waals surface area contributed by atoms with Crippen molar-refractivity contribution in [2.45, 2.75) is 39.8 Å². The highest BCUT2D eigenvalue weighted by Crippen LogP contribution is 2.21. The van der Waals surface area contributed by atoms with Gasteiger partial charge in [0.05, 0.1) is 6.42 Å². The van der Waals surface area contributed by atoms with Gasteiger partial charge in [-0.15, -0.1) is 0 Å². The van der Waals surface area contributed by atoms with Crippen molar-refractivity contribution >= 4 is 5.97 Å². The van der Waals surface area contributed by atoms with Crippen LogP contribution in [0.25, 0.3) is 0 Å². The Morgan fingerprint density at radius 1 is 1.44 bits per heavy atom. The Bertz CT molecular complexity index is 418. The number of aromatic hydroxyl groups is 1. The van der Waals surface area contributed by atoms with Crippen molar-refractivity contribution in [3.05, 3.63) is 29.3 Å². The Balaban J connectivity index is 2.79. The third kappa shape index (κ3) is 4.04. The van der Waals surface area contributed by atoms with Crippen LogP contribution < -0.4 is 0 Å². The molecule has 100 valence electrons. The highest BCUT2D eigenvalue weighted by Gasteiger charge is 2.16. The number of hydrogen-bond acceptors (Lipinski definition) is 3. The van der Waals surface area contributed by atoms with Crippen LogP contribution in [-0.2, 0) is 11.3 Å². The van der Waals surface area contributed by atoms with E-state index in [-0.39, 0.29) is 18.2 Å². The Labute approximate surface area is 108 Å². The monoisotopic (exact) mass is 251 g/mol. The lowest BCUT2D eigenvalue weighted by Crippen LogP contribution is -2.34. The Hall–Kier alpha value is -1.55. The van der Waals surface area contributed by atoms with E-state index >= 15 is 0 Å². The van der Waals surface area contributed by atoms with Crippen LogP contribution in [0.15, 0.2) is 18.2 Å². The minimum atomic E-state index is -0.797. The number of hydrogen-bond donors (Lipinski definition) is 2. The molecule has 0 aromatic heterocycles. The van der Waals surface area contributed by atoms with Crippen LogP contribution in [0.5, 0.6) is 5.75 Å². The first-order chi connectivity index (χ1) is 8.43. The largest absolute Gasteiger partial charge is 0.508 e. The topological polar surface area (TPSA) is 60.8 Å². The van der Waals surface area contributed by atoms with E-state index in [1.54, 1.807) is 6.07 Å². The van der Waals surface area contributed by atoms with Crippen molar-refractivity contribution in [1.82, 2.24) is 4.90 Å². The number of benzene rings is 1. The van der Waals surface area contributed by atoms with Gasteiger partial charge in [0, 0.05) is 18.2 Å². The average molecular weight is 251 g/mol. The Morgan fingerprint density at radius 2 is 2.11 bits per heavy atom. The maximum Gasteiger partial charge on any atom is 0.304 e. The van der Waals surface area contributed by atoms with Gasteiger partial charge in [-0.2, -0.15) is 0 Å². The lowest BCUT2D eigenvalue weighted by molar-refractivity contribution is -0.138. The summed E-state index contributed by atoms with van der Waals surface area (Å²) in [6.45, 7) is 7.18. The predicted octanol–water partition coefficient (Wildman–Crippen LogP) is 2.39. The SMILES string of the molecule is CCN(Cc1cc(C)ccc1O)C(C)CC(=O)O. The fourth-order valence-electron chi connectivity index (χ4n) is 2.02. The number of aliphatic carboxylic acids is 1. The van der Waals surface area contributed by atoms with Crippen molar-refractivity contribution < 1.29 is 15.0 Å². The summed E-state index contributed by atoms with van der Waals surface area (Å²) in [5, 5.41) is 18.6. The first-order valence-corrected chi connectivity index (χ1v) is 6.18. The van der Waals surface area contributed by atoms with Crippen LogP contribution in [0.1, 0.15) is 31.4 Å². The molecular weight excluding hydrogens is 230 g/mol. The molecule has 0 saturated heterocycles. The molecule has 0 aliphatic carbocycles. The number of carbonyl (C=O) groups is 1. The van der Waals surface area contributed by atoms with Gasteiger partial charge in [0.1, 0.15) is 5.75 Å². The van der Waals surface area contributed by atoms with Gasteiger partial charge in [-0.25, -0.2) is 0 Å². The van der Waals surface area contributed by atoms with Gasteiger partial charge in [-0.1, -0.05) is 24.6 Å². The lowest BCUT2D eigenvalue weighted by Gasteiger charge is -2.27. The highest BCUT2D eigenvalue weighted by molar-refractivity contribution is 5.67. The summed E-state index contributed by atoms with van der Waals surface area (Å²) >= 11 is 0. The van der Waals surface area contributed by atoms with E-state index < -0.39 is 5.97 Å². The molecule has 0 bridgehead atoms. The van der Waals surface area contributed by atoms with Gasteiger partial charge in [0.15, 0.2) is 0 Å².